The van der Waals surface area contributed by atoms with Gasteiger partial charge in [0, 0.05) is 24.2 Å². The smallest absolute Gasteiger partial charge is 0.422 e. The van der Waals surface area contributed by atoms with Crippen LogP contribution in [0.25, 0.3) is 0 Å². The third-order valence-electron chi connectivity index (χ3n) is 5.99. The Morgan fingerprint density at radius 2 is 1.82 bits per heavy atom. The second-order valence-electron chi connectivity index (χ2n) is 7.75. The lowest BCUT2D eigenvalue weighted by molar-refractivity contribution is -0.206. The monoisotopic (exact) mass is 402 g/mol. The molecule has 2 bridgehead atoms. The Morgan fingerprint density at radius 3 is 2.54 bits per heavy atom. The van der Waals surface area contributed by atoms with Crippen molar-refractivity contribution in [1.82, 2.24) is 4.90 Å². The van der Waals surface area contributed by atoms with Crippen LogP contribution in [0.2, 0.25) is 0 Å². The Balaban J connectivity index is 1.76. The molecule has 1 aliphatic carbocycles. The van der Waals surface area contributed by atoms with E-state index in [0.717, 1.165) is 11.0 Å². The number of hydrogen-bond donors (Lipinski definition) is 1. The first-order valence-electron chi connectivity index (χ1n) is 9.50. The summed E-state index contributed by atoms with van der Waals surface area (Å²) in [7, 11) is 0. The molecule has 2 fully saturated rings. The molecular weight excluding hydrogens is 380 g/mol. The minimum atomic E-state index is -4.30. The summed E-state index contributed by atoms with van der Waals surface area (Å²) < 4.78 is 68.1. The number of halogens is 4. The lowest BCUT2D eigenvalue weighted by Crippen LogP contribution is -2.53. The van der Waals surface area contributed by atoms with Gasteiger partial charge in [-0.3, -0.25) is 4.79 Å². The zero-order chi connectivity index (χ0) is 20.1. The molecule has 154 valence electrons. The summed E-state index contributed by atoms with van der Waals surface area (Å²) in [5.41, 5.74) is 6.03. The average molecular weight is 402 g/mol. The number of ether oxygens (including phenoxy) is 2. The number of carbonyl (C=O) groups excluding carboxylic acids is 1. The van der Waals surface area contributed by atoms with Gasteiger partial charge in [-0.1, -0.05) is 0 Å². The number of nitrogens with zero attached hydrogens (tertiary/aromatic N) is 1. The highest BCUT2D eigenvalue weighted by atomic mass is 19.3. The molecule has 1 aromatic carbocycles. The standard InChI is InChI=1S/C19H22F4N2O3/c20-11-7-13-10-1-3-12(4-2-10)27-9-16-15(24)5-6-25(16)18(26)19(22,23)28-17(13)14(21)8-11/h7-8,10,12,15-16H,1-6,9,24H2/t10?,12?,15-,16-/m0/s1. The Kier molecular flexibility index (Phi) is 4.99. The fraction of sp³-hybridized carbons (Fsp3) is 0.632. The van der Waals surface area contributed by atoms with Crippen LogP contribution in [0.3, 0.4) is 0 Å². The van der Waals surface area contributed by atoms with E-state index in [0.29, 0.717) is 38.2 Å². The molecule has 9 heteroatoms. The van der Waals surface area contributed by atoms with Crippen molar-refractivity contribution in [3.05, 3.63) is 29.3 Å². The summed E-state index contributed by atoms with van der Waals surface area (Å²) in [6.45, 7) is 0.104. The molecule has 5 rings (SSSR count). The van der Waals surface area contributed by atoms with Gasteiger partial charge in [0.05, 0.1) is 18.8 Å². The Morgan fingerprint density at radius 1 is 1.11 bits per heavy atom. The van der Waals surface area contributed by atoms with Crippen LogP contribution >= 0.6 is 0 Å². The van der Waals surface area contributed by atoms with E-state index in [1.54, 1.807) is 0 Å². The molecule has 3 heterocycles. The van der Waals surface area contributed by atoms with Crippen molar-refractivity contribution in [3.8, 4) is 5.75 Å². The summed E-state index contributed by atoms with van der Waals surface area (Å²) in [6.07, 6.45) is -1.78. The van der Waals surface area contributed by atoms with Crippen LogP contribution in [0.5, 0.6) is 5.75 Å². The molecule has 0 radical (unpaired) electrons. The minimum absolute atomic E-state index is 0.0253. The van der Waals surface area contributed by atoms with Crippen LogP contribution in [0.15, 0.2) is 12.1 Å². The number of hydrogen-bond acceptors (Lipinski definition) is 4. The summed E-state index contributed by atoms with van der Waals surface area (Å²) >= 11 is 0. The minimum Gasteiger partial charge on any atom is -0.422 e. The Labute approximate surface area is 159 Å². The van der Waals surface area contributed by atoms with E-state index in [4.69, 9.17) is 10.5 Å². The largest absolute Gasteiger partial charge is 0.482 e. The summed E-state index contributed by atoms with van der Waals surface area (Å²) in [4.78, 5) is 13.5. The molecular formula is C19H22F4N2O3. The number of alkyl halides is 2. The van der Waals surface area contributed by atoms with Gasteiger partial charge in [-0.15, -0.1) is 0 Å². The zero-order valence-corrected chi connectivity index (χ0v) is 15.2. The first kappa shape index (κ1) is 19.4. The summed E-state index contributed by atoms with van der Waals surface area (Å²) in [5, 5.41) is 0. The van der Waals surface area contributed by atoms with Gasteiger partial charge in [0.1, 0.15) is 5.82 Å². The van der Waals surface area contributed by atoms with Gasteiger partial charge in [-0.2, -0.15) is 8.78 Å². The van der Waals surface area contributed by atoms with Crippen LogP contribution in [0, 0.1) is 11.6 Å². The zero-order valence-electron chi connectivity index (χ0n) is 15.2. The molecule has 28 heavy (non-hydrogen) atoms. The first-order valence-corrected chi connectivity index (χ1v) is 9.50. The molecule has 1 saturated heterocycles. The van der Waals surface area contributed by atoms with Gasteiger partial charge in [0.2, 0.25) is 0 Å². The van der Waals surface area contributed by atoms with Crippen molar-refractivity contribution in [2.24, 2.45) is 5.73 Å². The predicted octanol–water partition coefficient (Wildman–Crippen LogP) is 2.92. The SMILES string of the molecule is N[C@H]1CCN2C(=O)C(F)(F)Oc3c(F)cc(F)cc3C3CCC(CC3)OC[C@@H]12. The molecule has 5 nitrogen and oxygen atoms in total. The van der Waals surface area contributed by atoms with Gasteiger partial charge >= 0.3 is 12.0 Å². The van der Waals surface area contributed by atoms with Crippen molar-refractivity contribution in [2.75, 3.05) is 13.2 Å². The van der Waals surface area contributed by atoms with Gasteiger partial charge in [0.25, 0.3) is 0 Å². The van der Waals surface area contributed by atoms with E-state index in [9.17, 15) is 22.4 Å². The molecule has 1 saturated carbocycles. The van der Waals surface area contributed by atoms with Gasteiger partial charge in [0.15, 0.2) is 11.6 Å². The van der Waals surface area contributed by atoms with Crippen molar-refractivity contribution >= 4 is 5.91 Å². The van der Waals surface area contributed by atoms with E-state index >= 15 is 0 Å². The lowest BCUT2D eigenvalue weighted by atomic mass is 9.82. The molecule has 2 atom stereocenters. The number of amides is 1. The summed E-state index contributed by atoms with van der Waals surface area (Å²) in [6, 6.07) is 0.317. The van der Waals surface area contributed by atoms with Gasteiger partial charge in [-0.05, 0) is 44.1 Å². The Hall–Kier alpha value is -1.87. The molecule has 4 aliphatic rings. The van der Waals surface area contributed by atoms with Crippen LogP contribution < -0.4 is 10.5 Å². The number of nitrogens with two attached hydrogens (primary N) is 1. The van der Waals surface area contributed by atoms with Crippen molar-refractivity contribution < 1.29 is 31.8 Å². The molecule has 2 N–H and O–H groups in total. The second-order valence-corrected chi connectivity index (χ2v) is 7.75. The van der Waals surface area contributed by atoms with Gasteiger partial charge < -0.3 is 20.1 Å². The highest BCUT2D eigenvalue weighted by Gasteiger charge is 2.51. The highest BCUT2D eigenvalue weighted by molar-refractivity contribution is 5.83. The number of carbonyl (C=O) groups is 1. The quantitative estimate of drug-likeness (QED) is 0.678. The van der Waals surface area contributed by atoms with Crippen LogP contribution in [-0.4, -0.2) is 48.3 Å². The molecule has 0 aromatic heterocycles. The van der Waals surface area contributed by atoms with Crippen molar-refractivity contribution in [2.45, 2.75) is 62.3 Å². The van der Waals surface area contributed by atoms with E-state index in [1.807, 2.05) is 0 Å². The van der Waals surface area contributed by atoms with Crippen molar-refractivity contribution in [3.63, 3.8) is 0 Å². The molecule has 1 aromatic rings. The third-order valence-corrected chi connectivity index (χ3v) is 5.99. The van der Waals surface area contributed by atoms with Crippen LogP contribution in [-0.2, 0) is 9.53 Å². The maximum atomic E-state index is 14.7. The maximum absolute atomic E-state index is 14.7. The topological polar surface area (TPSA) is 64.8 Å². The van der Waals surface area contributed by atoms with Crippen LogP contribution in [0.1, 0.15) is 43.6 Å². The first-order chi connectivity index (χ1) is 13.3. The fourth-order valence-corrected chi connectivity index (χ4v) is 4.45. The highest BCUT2D eigenvalue weighted by Crippen LogP contribution is 2.42. The molecule has 1 amide bonds. The maximum Gasteiger partial charge on any atom is 0.482 e. The molecule has 0 unspecified atom stereocenters. The summed E-state index contributed by atoms with van der Waals surface area (Å²) in [5.74, 6) is -4.82. The van der Waals surface area contributed by atoms with E-state index in [1.165, 1.54) is 0 Å². The molecule has 0 spiro atoms. The van der Waals surface area contributed by atoms with Crippen molar-refractivity contribution in [1.29, 1.82) is 0 Å². The number of fused-ring (bicyclic) bond motifs is 5. The normalized spacial score (nSPS) is 32.6. The third kappa shape index (κ3) is 3.45. The predicted molar refractivity (Wildman–Crippen MR) is 91.0 cm³/mol. The number of benzene rings is 1. The second kappa shape index (κ2) is 7.18. The van der Waals surface area contributed by atoms with E-state index in [-0.39, 0.29) is 30.7 Å². The molecule has 3 aliphatic heterocycles. The van der Waals surface area contributed by atoms with E-state index < -0.39 is 41.5 Å². The lowest BCUT2D eigenvalue weighted by Gasteiger charge is -2.31. The van der Waals surface area contributed by atoms with E-state index in [2.05, 4.69) is 4.74 Å². The van der Waals surface area contributed by atoms with Gasteiger partial charge in [-0.25, -0.2) is 8.78 Å². The van der Waals surface area contributed by atoms with Crippen LogP contribution in [0.4, 0.5) is 17.6 Å². The number of rotatable bonds is 0. The average Bonchev–Trinajstić information content (AvgIpc) is 3.01. The Bertz CT molecular complexity index is 768. The fourth-order valence-electron chi connectivity index (χ4n) is 4.45.